The van der Waals surface area contributed by atoms with Gasteiger partial charge in [0.2, 0.25) is 0 Å². The van der Waals surface area contributed by atoms with Crippen molar-refractivity contribution >= 4 is 21.7 Å². The first kappa shape index (κ1) is 15.6. The molecule has 2 aromatic carbocycles. The van der Waals surface area contributed by atoms with Gasteiger partial charge in [0.15, 0.2) is 17.3 Å². The van der Waals surface area contributed by atoms with Crippen LogP contribution in [0.5, 0.6) is 11.5 Å². The molecule has 0 amide bonds. The molecule has 0 saturated carbocycles. The summed E-state index contributed by atoms with van der Waals surface area (Å²) in [6, 6.07) is 9.24. The van der Waals surface area contributed by atoms with Crippen molar-refractivity contribution in [2.75, 3.05) is 14.2 Å². The highest BCUT2D eigenvalue weighted by atomic mass is 79.9. The van der Waals surface area contributed by atoms with Crippen LogP contribution in [0.4, 0.5) is 0 Å². The SMILES string of the molecule is COc1cc(Br)c(C(=O)c2ccc(C)cc2C)cc1OC. The maximum Gasteiger partial charge on any atom is 0.194 e. The molecule has 0 heterocycles. The van der Waals surface area contributed by atoms with Crippen LogP contribution in [0, 0.1) is 13.8 Å². The molecule has 0 fully saturated rings. The van der Waals surface area contributed by atoms with Crippen LogP contribution in [0.25, 0.3) is 0 Å². The molecule has 0 aliphatic rings. The largest absolute Gasteiger partial charge is 0.493 e. The molecule has 0 unspecified atom stereocenters. The maximum absolute atomic E-state index is 12.7. The Morgan fingerprint density at radius 3 is 2.14 bits per heavy atom. The van der Waals surface area contributed by atoms with Crippen molar-refractivity contribution in [3.05, 3.63) is 57.1 Å². The number of ether oxygens (including phenoxy) is 2. The van der Waals surface area contributed by atoms with Gasteiger partial charge in [-0.25, -0.2) is 0 Å². The number of ketones is 1. The van der Waals surface area contributed by atoms with E-state index < -0.39 is 0 Å². The first-order valence-corrected chi connectivity index (χ1v) is 7.30. The van der Waals surface area contributed by atoms with E-state index in [9.17, 15) is 4.79 Å². The van der Waals surface area contributed by atoms with E-state index in [1.165, 1.54) is 0 Å². The van der Waals surface area contributed by atoms with Crippen molar-refractivity contribution in [1.82, 2.24) is 0 Å². The molecule has 2 rings (SSSR count). The van der Waals surface area contributed by atoms with E-state index in [4.69, 9.17) is 9.47 Å². The van der Waals surface area contributed by atoms with E-state index in [-0.39, 0.29) is 5.78 Å². The molecule has 0 N–H and O–H groups in total. The maximum atomic E-state index is 12.7. The molecule has 0 spiro atoms. The van der Waals surface area contributed by atoms with Crippen LogP contribution in [0.1, 0.15) is 27.0 Å². The molecule has 4 heteroatoms. The molecule has 2 aromatic rings. The van der Waals surface area contributed by atoms with Crippen molar-refractivity contribution < 1.29 is 14.3 Å². The average Bonchev–Trinajstić information content (AvgIpc) is 2.46. The molecule has 21 heavy (non-hydrogen) atoms. The minimum Gasteiger partial charge on any atom is -0.493 e. The minimum atomic E-state index is -0.0414. The number of carbonyl (C=O) groups excluding carboxylic acids is 1. The molecule has 0 aliphatic carbocycles. The Bertz CT molecular complexity index is 693. The standard InChI is InChI=1S/C17H17BrO3/c1-10-5-6-12(11(2)7-10)17(19)13-8-15(20-3)16(21-4)9-14(13)18/h5-9H,1-4H3. The number of halogens is 1. The molecular formula is C17H17BrO3. The normalized spacial score (nSPS) is 10.3. The third kappa shape index (κ3) is 3.10. The summed E-state index contributed by atoms with van der Waals surface area (Å²) in [4.78, 5) is 12.7. The van der Waals surface area contributed by atoms with Crippen LogP contribution in [-0.4, -0.2) is 20.0 Å². The second-order valence-electron chi connectivity index (χ2n) is 4.83. The summed E-state index contributed by atoms with van der Waals surface area (Å²) < 4.78 is 11.2. The number of benzene rings is 2. The van der Waals surface area contributed by atoms with Crippen LogP contribution >= 0.6 is 15.9 Å². The first-order chi connectivity index (χ1) is 9.97. The van der Waals surface area contributed by atoms with Gasteiger partial charge in [0.25, 0.3) is 0 Å². The number of rotatable bonds is 4. The zero-order valence-electron chi connectivity index (χ0n) is 12.5. The van der Waals surface area contributed by atoms with Gasteiger partial charge in [-0.05, 0) is 47.5 Å². The van der Waals surface area contributed by atoms with Crippen LogP contribution in [0.15, 0.2) is 34.8 Å². The van der Waals surface area contributed by atoms with E-state index in [1.54, 1.807) is 26.4 Å². The lowest BCUT2D eigenvalue weighted by Crippen LogP contribution is -2.06. The van der Waals surface area contributed by atoms with Crippen LogP contribution in [0.2, 0.25) is 0 Å². The molecule has 0 aliphatic heterocycles. The molecule has 3 nitrogen and oxygen atoms in total. The van der Waals surface area contributed by atoms with Crippen molar-refractivity contribution in [3.63, 3.8) is 0 Å². The van der Waals surface area contributed by atoms with Crippen LogP contribution in [0.3, 0.4) is 0 Å². The van der Waals surface area contributed by atoms with Gasteiger partial charge in [-0.2, -0.15) is 0 Å². The fourth-order valence-corrected chi connectivity index (χ4v) is 2.74. The smallest absolute Gasteiger partial charge is 0.194 e. The Kier molecular flexibility index (Phi) is 4.68. The van der Waals surface area contributed by atoms with Gasteiger partial charge in [0.05, 0.1) is 14.2 Å². The summed E-state index contributed by atoms with van der Waals surface area (Å²) in [5.74, 6) is 1.08. The molecule has 110 valence electrons. The van der Waals surface area contributed by atoms with Gasteiger partial charge in [0, 0.05) is 15.6 Å². The fourth-order valence-electron chi connectivity index (χ4n) is 2.24. The van der Waals surface area contributed by atoms with Gasteiger partial charge < -0.3 is 9.47 Å². The van der Waals surface area contributed by atoms with Crippen LogP contribution in [-0.2, 0) is 0 Å². The summed E-state index contributed by atoms with van der Waals surface area (Å²) in [7, 11) is 3.12. The van der Waals surface area contributed by atoms with Gasteiger partial charge in [-0.15, -0.1) is 0 Å². The third-order valence-electron chi connectivity index (χ3n) is 3.34. The quantitative estimate of drug-likeness (QED) is 0.772. The summed E-state index contributed by atoms with van der Waals surface area (Å²) in [5, 5.41) is 0. The summed E-state index contributed by atoms with van der Waals surface area (Å²) in [6.07, 6.45) is 0. The molecule has 0 saturated heterocycles. The Labute approximate surface area is 133 Å². The number of hydrogen-bond acceptors (Lipinski definition) is 3. The number of methoxy groups -OCH3 is 2. The van der Waals surface area contributed by atoms with Gasteiger partial charge in [0.1, 0.15) is 0 Å². The van der Waals surface area contributed by atoms with E-state index in [0.717, 1.165) is 11.1 Å². The zero-order valence-corrected chi connectivity index (χ0v) is 14.1. The van der Waals surface area contributed by atoms with Crippen LogP contribution < -0.4 is 9.47 Å². The average molecular weight is 349 g/mol. The highest BCUT2D eigenvalue weighted by molar-refractivity contribution is 9.10. The molecule has 0 atom stereocenters. The van der Waals surface area contributed by atoms with Crippen molar-refractivity contribution in [2.45, 2.75) is 13.8 Å². The van der Waals surface area contributed by atoms with Gasteiger partial charge >= 0.3 is 0 Å². The van der Waals surface area contributed by atoms with Gasteiger partial charge in [-0.3, -0.25) is 4.79 Å². The number of hydrogen-bond donors (Lipinski definition) is 0. The van der Waals surface area contributed by atoms with Crippen molar-refractivity contribution in [1.29, 1.82) is 0 Å². The van der Waals surface area contributed by atoms with Crippen molar-refractivity contribution in [3.8, 4) is 11.5 Å². The molecular weight excluding hydrogens is 332 g/mol. The predicted molar refractivity (Wildman–Crippen MR) is 86.6 cm³/mol. The Morgan fingerprint density at radius 1 is 0.952 bits per heavy atom. The first-order valence-electron chi connectivity index (χ1n) is 6.51. The summed E-state index contributed by atoms with van der Waals surface area (Å²) in [6.45, 7) is 3.95. The fraction of sp³-hybridized carbons (Fsp3) is 0.235. The second-order valence-corrected chi connectivity index (χ2v) is 5.69. The molecule has 0 bridgehead atoms. The third-order valence-corrected chi connectivity index (χ3v) is 4.00. The lowest BCUT2D eigenvalue weighted by Gasteiger charge is -2.12. The number of aryl methyl sites for hydroxylation is 2. The van der Waals surface area contributed by atoms with Crippen molar-refractivity contribution in [2.24, 2.45) is 0 Å². The topological polar surface area (TPSA) is 35.5 Å². The lowest BCUT2D eigenvalue weighted by atomic mass is 9.97. The summed E-state index contributed by atoms with van der Waals surface area (Å²) in [5.41, 5.74) is 3.34. The van der Waals surface area contributed by atoms with E-state index >= 15 is 0 Å². The number of carbonyl (C=O) groups is 1. The summed E-state index contributed by atoms with van der Waals surface area (Å²) >= 11 is 3.43. The minimum absolute atomic E-state index is 0.0414. The predicted octanol–water partition coefficient (Wildman–Crippen LogP) is 4.31. The molecule has 0 aromatic heterocycles. The lowest BCUT2D eigenvalue weighted by molar-refractivity contribution is 0.103. The van der Waals surface area contributed by atoms with Gasteiger partial charge in [-0.1, -0.05) is 23.8 Å². The van der Waals surface area contributed by atoms with E-state index in [2.05, 4.69) is 15.9 Å². The van der Waals surface area contributed by atoms with E-state index in [1.807, 2.05) is 32.0 Å². The van der Waals surface area contributed by atoms with E-state index in [0.29, 0.717) is 27.1 Å². The Hall–Kier alpha value is -1.81. The highest BCUT2D eigenvalue weighted by Crippen LogP contribution is 2.34. The Balaban J connectivity index is 2.53. The zero-order chi connectivity index (χ0) is 15.6. The second kappa shape index (κ2) is 6.31. The highest BCUT2D eigenvalue weighted by Gasteiger charge is 2.18. The Morgan fingerprint density at radius 2 is 1.57 bits per heavy atom. The monoisotopic (exact) mass is 348 g/mol. The molecule has 0 radical (unpaired) electrons.